The summed E-state index contributed by atoms with van der Waals surface area (Å²) in [7, 11) is 0. The van der Waals surface area contributed by atoms with E-state index in [2.05, 4.69) is 5.32 Å². The number of hydrogen-bond donors (Lipinski definition) is 7. The molecular weight excluding hydrogens is 863 g/mol. The number of allylic oxidation sites excluding steroid dienone is 1. The fourth-order valence-electron chi connectivity index (χ4n) is 10.7. The Hall–Kier alpha value is -4.89. The number of Topliss-reactive ketones (excluding diaryl/α,β-unsaturated/α-hetero) is 1. The molecule has 0 spiro atoms. The standard InChI is InChI=1S/C48H59NO17/c1-8-23(2)41(57)49-33(26-15-11-9-12-16-26)36(54)43(59)63-29-20-48(60)40(65-42(58)27-17-13-10-14-18-27)38-46(7,39(56)35(53)32(24(29)3)45(48,5)6)30(19-31-47(38,22-62-31)66-25(4)50)64-44-37(55)34(52)28(51)21-61-44/h8-18,28-31,33-38,40,44,51-55,60H,19-22H2,1-7H3,(H,49,57)/b23-8-/t28-,29+,30+,31-,33+,34+,35-,36-,37-,38+,40+,44+,46-,47+,48-/m1/s1. The highest BCUT2D eigenvalue weighted by Gasteiger charge is 2.78. The molecule has 3 aliphatic carbocycles. The summed E-state index contributed by atoms with van der Waals surface area (Å²) in [6.07, 6.45) is -16.1. The minimum absolute atomic E-state index is 0.0304. The van der Waals surface area contributed by atoms with Gasteiger partial charge in [-0.3, -0.25) is 14.4 Å². The number of carbonyl (C=O) groups is 5. The Morgan fingerprint density at radius 3 is 2.14 bits per heavy atom. The Balaban J connectivity index is 1.39. The molecule has 18 nitrogen and oxygen atoms in total. The van der Waals surface area contributed by atoms with Crippen molar-refractivity contribution in [2.75, 3.05) is 13.2 Å². The van der Waals surface area contributed by atoms with Crippen LogP contribution in [0.3, 0.4) is 0 Å². The Bertz CT molecular complexity index is 2270. The van der Waals surface area contributed by atoms with Gasteiger partial charge in [-0.05, 0) is 56.5 Å². The van der Waals surface area contributed by atoms with Crippen LogP contribution in [0.1, 0.15) is 83.3 Å². The van der Waals surface area contributed by atoms with Crippen molar-refractivity contribution in [2.24, 2.45) is 16.7 Å². The Kier molecular flexibility index (Phi) is 13.6. The van der Waals surface area contributed by atoms with Gasteiger partial charge in [0.15, 0.2) is 23.8 Å². The van der Waals surface area contributed by atoms with Gasteiger partial charge in [0.1, 0.15) is 48.3 Å². The minimum Gasteiger partial charge on any atom is -0.456 e. The molecule has 0 aromatic heterocycles. The molecule has 1 amide bonds. The molecule has 4 fully saturated rings. The number of ether oxygens (including phenoxy) is 6. The average Bonchev–Trinajstić information content (AvgIpc) is 3.28. The van der Waals surface area contributed by atoms with Crippen molar-refractivity contribution < 1.29 is 83.0 Å². The summed E-state index contributed by atoms with van der Waals surface area (Å²) in [6, 6.07) is 14.6. The molecule has 2 aliphatic heterocycles. The van der Waals surface area contributed by atoms with Crippen LogP contribution in [-0.4, -0.2) is 146 Å². The topological polar surface area (TPSA) is 274 Å². The van der Waals surface area contributed by atoms with Gasteiger partial charge in [0.05, 0.1) is 42.3 Å². The number of esters is 3. The molecule has 2 aromatic rings. The molecular formula is C48H59NO17. The molecule has 66 heavy (non-hydrogen) atoms. The quantitative estimate of drug-likeness (QED) is 0.0724. The van der Waals surface area contributed by atoms with E-state index in [9.17, 15) is 49.8 Å². The summed E-state index contributed by atoms with van der Waals surface area (Å²) in [4.78, 5) is 70.7. The molecule has 358 valence electrons. The maximum absolute atomic E-state index is 15.7. The minimum atomic E-state index is -2.46. The number of amides is 1. The average molecular weight is 922 g/mol. The maximum atomic E-state index is 15.7. The zero-order chi connectivity index (χ0) is 48.3. The van der Waals surface area contributed by atoms with E-state index in [-0.39, 0.29) is 29.7 Å². The van der Waals surface area contributed by atoms with Crippen LogP contribution in [0.4, 0.5) is 0 Å². The van der Waals surface area contributed by atoms with Crippen LogP contribution in [0, 0.1) is 16.7 Å². The molecule has 15 atom stereocenters. The van der Waals surface area contributed by atoms with Crippen molar-refractivity contribution in [2.45, 2.75) is 140 Å². The van der Waals surface area contributed by atoms with Gasteiger partial charge in [-0.25, -0.2) is 9.59 Å². The molecule has 5 aliphatic rings. The largest absolute Gasteiger partial charge is 0.456 e. The number of aliphatic hydroxyl groups excluding tert-OH is 5. The number of hydrogen-bond acceptors (Lipinski definition) is 17. The van der Waals surface area contributed by atoms with E-state index in [1.54, 1.807) is 68.5 Å². The van der Waals surface area contributed by atoms with Gasteiger partial charge in [0.25, 0.3) is 0 Å². The summed E-state index contributed by atoms with van der Waals surface area (Å²) in [5, 5.41) is 72.6. The Labute approximate surface area is 381 Å². The summed E-state index contributed by atoms with van der Waals surface area (Å²) in [5.41, 5.74) is -7.49. The summed E-state index contributed by atoms with van der Waals surface area (Å²) < 4.78 is 36.7. The lowest BCUT2D eigenvalue weighted by molar-refractivity contribution is -0.366. The van der Waals surface area contributed by atoms with Crippen molar-refractivity contribution >= 4 is 29.6 Å². The van der Waals surface area contributed by atoms with Gasteiger partial charge in [-0.2, -0.15) is 0 Å². The predicted octanol–water partition coefficient (Wildman–Crippen LogP) is 1.28. The van der Waals surface area contributed by atoms with Crippen LogP contribution in [-0.2, 0) is 47.6 Å². The third kappa shape index (κ3) is 8.09. The first-order valence-corrected chi connectivity index (χ1v) is 22.0. The number of fused-ring (bicyclic) bond motifs is 5. The summed E-state index contributed by atoms with van der Waals surface area (Å²) in [6.45, 7) is 9.42. The Morgan fingerprint density at radius 2 is 1.55 bits per heavy atom. The number of ketones is 1. The first-order valence-electron chi connectivity index (χ1n) is 22.0. The molecule has 7 rings (SSSR count). The van der Waals surface area contributed by atoms with Crippen molar-refractivity contribution in [3.63, 3.8) is 0 Å². The van der Waals surface area contributed by atoms with Crippen LogP contribution < -0.4 is 5.32 Å². The van der Waals surface area contributed by atoms with Gasteiger partial charge in [-0.15, -0.1) is 0 Å². The van der Waals surface area contributed by atoms with Gasteiger partial charge < -0.3 is 64.4 Å². The first-order chi connectivity index (χ1) is 31.0. The van der Waals surface area contributed by atoms with Gasteiger partial charge in [0, 0.05) is 30.8 Å². The van der Waals surface area contributed by atoms with E-state index in [1.807, 2.05) is 0 Å². The fourth-order valence-corrected chi connectivity index (χ4v) is 10.7. The molecule has 2 saturated heterocycles. The van der Waals surface area contributed by atoms with E-state index in [4.69, 9.17) is 28.4 Å². The lowest BCUT2D eigenvalue weighted by Crippen LogP contribution is -2.82. The van der Waals surface area contributed by atoms with Gasteiger partial charge in [0.2, 0.25) is 5.91 Å². The molecule has 2 heterocycles. The van der Waals surface area contributed by atoms with Crippen LogP contribution in [0.2, 0.25) is 0 Å². The molecule has 0 radical (unpaired) electrons. The molecule has 2 bridgehead atoms. The summed E-state index contributed by atoms with van der Waals surface area (Å²) in [5.74, 6) is -6.24. The van der Waals surface area contributed by atoms with E-state index >= 15 is 4.79 Å². The van der Waals surface area contributed by atoms with E-state index in [0.29, 0.717) is 11.1 Å². The molecule has 0 unspecified atom stereocenters. The highest BCUT2D eigenvalue weighted by Crippen LogP contribution is 2.65. The van der Waals surface area contributed by atoms with Crippen molar-refractivity contribution in [1.29, 1.82) is 0 Å². The lowest BCUT2D eigenvalue weighted by Gasteiger charge is -2.68. The number of benzene rings is 2. The number of nitrogens with one attached hydrogen (secondary N) is 1. The van der Waals surface area contributed by atoms with Crippen molar-refractivity contribution in [3.8, 4) is 0 Å². The second-order valence-electron chi connectivity index (χ2n) is 18.7. The number of carbonyl (C=O) groups excluding carboxylic acids is 5. The number of rotatable bonds is 11. The highest BCUT2D eigenvalue weighted by atomic mass is 16.7. The monoisotopic (exact) mass is 921 g/mol. The zero-order valence-corrected chi connectivity index (χ0v) is 37.8. The van der Waals surface area contributed by atoms with Crippen molar-refractivity contribution in [1.82, 2.24) is 5.32 Å². The van der Waals surface area contributed by atoms with Crippen molar-refractivity contribution in [3.05, 3.63) is 94.6 Å². The van der Waals surface area contributed by atoms with Crippen LogP contribution in [0.5, 0.6) is 0 Å². The Morgan fingerprint density at radius 1 is 0.909 bits per heavy atom. The second kappa shape index (κ2) is 18.3. The second-order valence-corrected chi connectivity index (χ2v) is 18.7. The van der Waals surface area contributed by atoms with Crippen LogP contribution >= 0.6 is 0 Å². The van der Waals surface area contributed by atoms with Crippen LogP contribution in [0.25, 0.3) is 0 Å². The van der Waals surface area contributed by atoms with E-state index in [0.717, 1.165) is 6.92 Å². The van der Waals surface area contributed by atoms with Gasteiger partial charge >= 0.3 is 17.9 Å². The van der Waals surface area contributed by atoms with Crippen LogP contribution in [0.15, 0.2) is 83.5 Å². The maximum Gasteiger partial charge on any atom is 0.338 e. The van der Waals surface area contributed by atoms with E-state index in [1.165, 1.54) is 39.8 Å². The molecule has 2 aromatic carbocycles. The normalized spacial score (nSPS) is 37.0. The first kappa shape index (κ1) is 49.0. The van der Waals surface area contributed by atoms with E-state index < -0.39 is 138 Å². The third-order valence-electron chi connectivity index (χ3n) is 14.7. The smallest absolute Gasteiger partial charge is 0.338 e. The molecule has 7 N–H and O–H groups in total. The molecule has 2 saturated carbocycles. The zero-order valence-electron chi connectivity index (χ0n) is 37.8. The number of aliphatic hydroxyl groups is 6. The summed E-state index contributed by atoms with van der Waals surface area (Å²) >= 11 is 0. The lowest BCUT2D eigenvalue weighted by atomic mass is 9.44. The fraction of sp³-hybridized carbons (Fsp3) is 0.562. The third-order valence-corrected chi connectivity index (χ3v) is 14.7. The molecule has 18 heteroatoms. The predicted molar refractivity (Wildman–Crippen MR) is 228 cm³/mol. The highest BCUT2D eigenvalue weighted by molar-refractivity contribution is 5.95. The van der Waals surface area contributed by atoms with Gasteiger partial charge in [-0.1, -0.05) is 68.5 Å². The SMILES string of the molecule is C/C=C(/C)C(=O)N[C@@H](c1ccccc1)[C@@H](O)C(=O)O[C@H]1C[C@@]2(O)[C@@H](OC(=O)c3ccccc3)[C@@H]3[C@]4(OC(C)=O)CO[C@@H]4C[C@H](O[C@@H]4OC[C@@H](O)[C@H](O)[C@H]4O)[C@@]3(C)C(=O)[C@H](O)C(=C1C)C2(C)C.